The summed E-state index contributed by atoms with van der Waals surface area (Å²) in [7, 11) is 0. The second kappa shape index (κ2) is 4.50. The van der Waals surface area contributed by atoms with Crippen molar-refractivity contribution in [2.75, 3.05) is 6.61 Å². The van der Waals surface area contributed by atoms with Crippen LogP contribution in [0.15, 0.2) is 23.3 Å². The van der Waals surface area contributed by atoms with Crippen LogP contribution >= 0.6 is 0 Å². The van der Waals surface area contributed by atoms with Crippen LogP contribution in [-0.4, -0.2) is 12.4 Å². The maximum Gasteiger partial charge on any atom is 0.157 e. The number of aryl methyl sites for hydroxylation is 2. The predicted molar refractivity (Wildman–Crippen MR) is 57.2 cm³/mol. The summed E-state index contributed by atoms with van der Waals surface area (Å²) in [5.41, 5.74) is 7.71. The van der Waals surface area contributed by atoms with E-state index in [2.05, 4.69) is 11.2 Å². The zero-order valence-electron chi connectivity index (χ0n) is 8.45. The van der Waals surface area contributed by atoms with E-state index in [0.29, 0.717) is 0 Å². The van der Waals surface area contributed by atoms with E-state index in [-0.39, 0.29) is 12.4 Å². The minimum absolute atomic E-state index is 0.222. The molecule has 0 saturated heterocycles. The highest BCUT2D eigenvalue weighted by Gasteiger charge is 1.98. The molecule has 0 fully saturated rings. The minimum atomic E-state index is 0.222. The van der Waals surface area contributed by atoms with Gasteiger partial charge >= 0.3 is 0 Å². The number of nitrogens with two attached hydrogens (primary N) is 2. The Kier molecular flexibility index (Phi) is 3.34. The van der Waals surface area contributed by atoms with Crippen LogP contribution in [0.2, 0.25) is 0 Å². The average molecular weight is 193 g/mol. The molecule has 0 aliphatic rings. The number of nitrogens with zero attached hydrogens (tertiary/aromatic N) is 1. The van der Waals surface area contributed by atoms with Crippen LogP contribution < -0.4 is 16.3 Å². The zero-order chi connectivity index (χ0) is 10.6. The first-order chi connectivity index (χ1) is 6.61. The third-order valence-corrected chi connectivity index (χ3v) is 1.75. The van der Waals surface area contributed by atoms with Crippen molar-refractivity contribution in [2.45, 2.75) is 13.8 Å². The van der Waals surface area contributed by atoms with Crippen LogP contribution in [0.3, 0.4) is 0 Å². The molecule has 0 aliphatic carbocycles. The molecule has 4 nitrogen and oxygen atoms in total. The van der Waals surface area contributed by atoms with Crippen molar-refractivity contribution in [3.05, 3.63) is 29.3 Å². The molecule has 0 heterocycles. The molecular formula is C10H15N3O. The second-order valence-electron chi connectivity index (χ2n) is 3.23. The first-order valence-corrected chi connectivity index (χ1v) is 4.35. The van der Waals surface area contributed by atoms with E-state index in [1.807, 2.05) is 26.0 Å². The first kappa shape index (κ1) is 10.4. The monoisotopic (exact) mass is 193 g/mol. The van der Waals surface area contributed by atoms with E-state index in [1.54, 1.807) is 0 Å². The van der Waals surface area contributed by atoms with Gasteiger partial charge in [0.1, 0.15) is 12.4 Å². The Balaban J connectivity index is 2.67. The van der Waals surface area contributed by atoms with Crippen molar-refractivity contribution >= 4 is 5.84 Å². The maximum atomic E-state index is 5.40. The highest BCUT2D eigenvalue weighted by atomic mass is 16.5. The molecule has 1 aromatic rings. The number of hydrogen-bond acceptors (Lipinski definition) is 3. The third kappa shape index (κ3) is 2.97. The summed E-state index contributed by atoms with van der Waals surface area (Å²) < 4.78 is 5.38. The number of ether oxygens (including phenoxy) is 1. The van der Waals surface area contributed by atoms with Crippen LogP contribution in [0.4, 0.5) is 0 Å². The zero-order valence-corrected chi connectivity index (χ0v) is 8.45. The lowest BCUT2D eigenvalue weighted by Crippen LogP contribution is -2.22. The molecule has 14 heavy (non-hydrogen) atoms. The predicted octanol–water partition coefficient (Wildman–Crippen LogP) is 0.913. The van der Waals surface area contributed by atoms with Crippen LogP contribution in [0.1, 0.15) is 11.1 Å². The Labute approximate surface area is 83.5 Å². The molecule has 0 unspecified atom stereocenters. The number of benzene rings is 1. The van der Waals surface area contributed by atoms with E-state index in [0.717, 1.165) is 16.9 Å². The summed E-state index contributed by atoms with van der Waals surface area (Å²) in [5.74, 6) is 6.05. The smallest absolute Gasteiger partial charge is 0.157 e. The van der Waals surface area contributed by atoms with Crippen molar-refractivity contribution in [1.82, 2.24) is 0 Å². The lowest BCUT2D eigenvalue weighted by Gasteiger charge is -2.07. The van der Waals surface area contributed by atoms with Gasteiger partial charge in [0.05, 0.1) is 0 Å². The summed E-state index contributed by atoms with van der Waals surface area (Å²) in [6.07, 6.45) is 0. The topological polar surface area (TPSA) is 73.6 Å². The highest BCUT2D eigenvalue weighted by molar-refractivity contribution is 5.81. The van der Waals surface area contributed by atoms with E-state index < -0.39 is 0 Å². The van der Waals surface area contributed by atoms with Crippen LogP contribution in [0, 0.1) is 13.8 Å². The Morgan fingerprint density at radius 2 is 1.86 bits per heavy atom. The highest BCUT2D eigenvalue weighted by Crippen LogP contribution is 2.15. The normalized spacial score (nSPS) is 11.4. The molecular weight excluding hydrogens is 178 g/mol. The number of rotatable bonds is 3. The summed E-state index contributed by atoms with van der Waals surface area (Å²) in [6, 6.07) is 5.96. The molecule has 1 rings (SSSR count). The van der Waals surface area contributed by atoms with Gasteiger partial charge in [-0.3, -0.25) is 0 Å². The fraction of sp³-hybridized carbons (Fsp3) is 0.300. The lowest BCUT2D eigenvalue weighted by molar-refractivity contribution is 0.374. The molecule has 0 aromatic heterocycles. The van der Waals surface area contributed by atoms with Gasteiger partial charge in [-0.15, -0.1) is 0 Å². The van der Waals surface area contributed by atoms with Gasteiger partial charge in [-0.1, -0.05) is 6.07 Å². The Morgan fingerprint density at radius 1 is 1.29 bits per heavy atom. The SMILES string of the molecule is Cc1cc(C)cc(OC/C(N)=N/N)c1. The van der Waals surface area contributed by atoms with E-state index in [9.17, 15) is 0 Å². The molecule has 76 valence electrons. The average Bonchev–Trinajstić information content (AvgIpc) is 2.12. The van der Waals surface area contributed by atoms with Crippen LogP contribution in [0.25, 0.3) is 0 Å². The first-order valence-electron chi connectivity index (χ1n) is 4.35. The molecule has 4 heteroatoms. The van der Waals surface area contributed by atoms with Gasteiger partial charge in [0.25, 0.3) is 0 Å². The fourth-order valence-corrected chi connectivity index (χ4v) is 1.21. The van der Waals surface area contributed by atoms with E-state index >= 15 is 0 Å². The van der Waals surface area contributed by atoms with Gasteiger partial charge in [0.15, 0.2) is 5.84 Å². The second-order valence-corrected chi connectivity index (χ2v) is 3.23. The largest absolute Gasteiger partial charge is 0.486 e. The third-order valence-electron chi connectivity index (χ3n) is 1.75. The molecule has 0 spiro atoms. The van der Waals surface area contributed by atoms with E-state index in [1.165, 1.54) is 0 Å². The number of hydrazone groups is 1. The van der Waals surface area contributed by atoms with Gasteiger partial charge in [-0.2, -0.15) is 5.10 Å². The Hall–Kier alpha value is -1.71. The minimum Gasteiger partial charge on any atom is -0.486 e. The van der Waals surface area contributed by atoms with Crippen molar-refractivity contribution in [3.63, 3.8) is 0 Å². The van der Waals surface area contributed by atoms with Gasteiger partial charge in [0, 0.05) is 0 Å². The van der Waals surface area contributed by atoms with Crippen molar-refractivity contribution in [2.24, 2.45) is 16.7 Å². The van der Waals surface area contributed by atoms with Gasteiger partial charge in [0.2, 0.25) is 0 Å². The van der Waals surface area contributed by atoms with Crippen molar-refractivity contribution < 1.29 is 4.74 Å². The molecule has 0 amide bonds. The maximum absolute atomic E-state index is 5.40. The van der Waals surface area contributed by atoms with Crippen LogP contribution in [0.5, 0.6) is 5.75 Å². The molecule has 0 saturated carbocycles. The standard InChI is InChI=1S/C10H15N3O/c1-7-3-8(2)5-9(4-7)14-6-10(11)13-12/h3-5H,6,12H2,1-2H3,(H2,11,13). The number of amidine groups is 1. The Morgan fingerprint density at radius 3 is 2.36 bits per heavy atom. The number of hydrogen-bond donors (Lipinski definition) is 2. The molecule has 0 aliphatic heterocycles. The summed E-state index contributed by atoms with van der Waals surface area (Å²) >= 11 is 0. The quantitative estimate of drug-likeness (QED) is 0.324. The van der Waals surface area contributed by atoms with Gasteiger partial charge < -0.3 is 16.3 Å². The summed E-state index contributed by atoms with van der Waals surface area (Å²) in [5, 5.41) is 3.32. The molecule has 0 radical (unpaired) electrons. The summed E-state index contributed by atoms with van der Waals surface area (Å²) in [4.78, 5) is 0. The lowest BCUT2D eigenvalue weighted by atomic mass is 10.1. The van der Waals surface area contributed by atoms with E-state index in [4.69, 9.17) is 16.3 Å². The van der Waals surface area contributed by atoms with Gasteiger partial charge in [-0.25, -0.2) is 0 Å². The fourth-order valence-electron chi connectivity index (χ4n) is 1.21. The molecule has 0 bridgehead atoms. The van der Waals surface area contributed by atoms with Crippen LogP contribution in [-0.2, 0) is 0 Å². The molecule has 4 N–H and O–H groups in total. The van der Waals surface area contributed by atoms with Crippen molar-refractivity contribution in [1.29, 1.82) is 0 Å². The Bertz CT molecular complexity index is 327. The molecule has 0 atom stereocenters. The van der Waals surface area contributed by atoms with Gasteiger partial charge in [-0.05, 0) is 37.1 Å². The van der Waals surface area contributed by atoms with Crippen molar-refractivity contribution in [3.8, 4) is 5.75 Å². The molecule has 1 aromatic carbocycles. The summed E-state index contributed by atoms with van der Waals surface area (Å²) in [6.45, 7) is 4.25.